The molecule has 7 nitrogen and oxygen atoms in total. The van der Waals surface area contributed by atoms with Crippen molar-refractivity contribution in [2.24, 2.45) is 5.14 Å². The summed E-state index contributed by atoms with van der Waals surface area (Å²) in [5.74, 6) is 0.887. The highest BCUT2D eigenvalue weighted by Gasteiger charge is 2.16. The molecule has 3 rings (SSSR count). The van der Waals surface area contributed by atoms with Gasteiger partial charge in [-0.05, 0) is 30.3 Å². The maximum Gasteiger partial charge on any atom is 0.239 e. The number of aromatic amines is 1. The second-order valence-corrected chi connectivity index (χ2v) is 6.37. The highest BCUT2D eigenvalue weighted by molar-refractivity contribution is 7.89. The number of aromatic nitrogens is 4. The van der Waals surface area contributed by atoms with Crippen LogP contribution in [-0.2, 0) is 10.0 Å². The first kappa shape index (κ1) is 14.6. The van der Waals surface area contributed by atoms with Crippen molar-refractivity contribution < 1.29 is 8.42 Å². The molecule has 0 saturated carbocycles. The van der Waals surface area contributed by atoms with Crippen LogP contribution in [0.1, 0.15) is 0 Å². The topological polar surface area (TPSA) is 115 Å². The molecule has 3 aromatic rings. The smallest absolute Gasteiger partial charge is 0.239 e. The van der Waals surface area contributed by atoms with E-state index in [1.807, 2.05) is 0 Å². The van der Waals surface area contributed by atoms with Gasteiger partial charge in [0.25, 0.3) is 0 Å². The number of hydrogen-bond donors (Lipinski definition) is 2. The molecule has 0 aliphatic heterocycles. The summed E-state index contributed by atoms with van der Waals surface area (Å²) in [4.78, 5) is 8.09. The van der Waals surface area contributed by atoms with Gasteiger partial charge >= 0.3 is 0 Å². The highest BCUT2D eigenvalue weighted by Crippen LogP contribution is 2.26. The average Bonchev–Trinajstić information content (AvgIpc) is 2.97. The second-order valence-electron chi connectivity index (χ2n) is 4.43. The lowest BCUT2D eigenvalue weighted by Gasteiger charge is -2.03. The number of pyridine rings is 1. The normalized spacial score (nSPS) is 11.5. The zero-order valence-electron chi connectivity index (χ0n) is 11.1. The molecule has 0 fully saturated rings. The third-order valence-electron chi connectivity index (χ3n) is 2.94. The molecule has 1 aromatic carbocycles. The van der Waals surface area contributed by atoms with Crippen LogP contribution < -0.4 is 5.14 Å². The fourth-order valence-corrected chi connectivity index (χ4v) is 2.96. The number of halogens is 1. The molecule has 2 heterocycles. The number of hydrogen-bond acceptors (Lipinski definition) is 5. The van der Waals surface area contributed by atoms with Crippen molar-refractivity contribution in [3.8, 4) is 22.8 Å². The summed E-state index contributed by atoms with van der Waals surface area (Å²) in [6, 6.07) is 7.97. The van der Waals surface area contributed by atoms with E-state index < -0.39 is 10.0 Å². The molecular weight excluding hydrogens is 326 g/mol. The van der Waals surface area contributed by atoms with Crippen LogP contribution in [0.15, 0.2) is 47.6 Å². The summed E-state index contributed by atoms with van der Waals surface area (Å²) >= 11 is 5.85. The number of rotatable bonds is 3. The maximum atomic E-state index is 11.5. The van der Waals surface area contributed by atoms with E-state index in [-0.39, 0.29) is 9.92 Å². The molecule has 0 aliphatic rings. The molecule has 0 spiro atoms. The van der Waals surface area contributed by atoms with Crippen molar-refractivity contribution in [2.75, 3.05) is 0 Å². The van der Waals surface area contributed by atoms with Gasteiger partial charge in [-0.1, -0.05) is 11.6 Å². The van der Waals surface area contributed by atoms with E-state index in [1.165, 1.54) is 12.1 Å². The number of H-pyrrole nitrogens is 1. The fraction of sp³-hybridized carbons (Fsp3) is 0. The lowest BCUT2D eigenvalue weighted by molar-refractivity contribution is 0.598. The highest BCUT2D eigenvalue weighted by atomic mass is 35.5. The molecule has 22 heavy (non-hydrogen) atoms. The Morgan fingerprint density at radius 2 is 1.82 bits per heavy atom. The molecular formula is C13H10ClN5O2S. The summed E-state index contributed by atoms with van der Waals surface area (Å²) in [6.45, 7) is 0. The van der Waals surface area contributed by atoms with Crippen LogP contribution in [0.2, 0.25) is 5.02 Å². The van der Waals surface area contributed by atoms with Crippen LogP contribution in [-0.4, -0.2) is 28.6 Å². The molecule has 9 heteroatoms. The molecule has 0 aliphatic carbocycles. The fourth-order valence-electron chi connectivity index (χ4n) is 1.89. The largest absolute Gasteiger partial charge is 0.265 e. The van der Waals surface area contributed by atoms with Crippen LogP contribution in [0, 0.1) is 0 Å². The molecule has 0 radical (unpaired) electrons. The van der Waals surface area contributed by atoms with Crippen molar-refractivity contribution in [2.45, 2.75) is 4.90 Å². The van der Waals surface area contributed by atoms with E-state index >= 15 is 0 Å². The van der Waals surface area contributed by atoms with E-state index in [4.69, 9.17) is 16.7 Å². The molecule has 0 unspecified atom stereocenters. The van der Waals surface area contributed by atoms with Gasteiger partial charge in [-0.3, -0.25) is 10.1 Å². The molecule has 2 aromatic heterocycles. The Morgan fingerprint density at radius 1 is 1.09 bits per heavy atom. The Morgan fingerprint density at radius 3 is 2.50 bits per heavy atom. The number of benzene rings is 1. The van der Waals surface area contributed by atoms with Gasteiger partial charge in [-0.2, -0.15) is 5.10 Å². The lowest BCUT2D eigenvalue weighted by atomic mass is 10.2. The minimum absolute atomic E-state index is 0.0520. The Hall–Kier alpha value is -2.29. The lowest BCUT2D eigenvalue weighted by Crippen LogP contribution is -2.12. The van der Waals surface area contributed by atoms with Gasteiger partial charge in [0, 0.05) is 23.5 Å². The molecule has 0 amide bonds. The Kier molecular flexibility index (Phi) is 3.65. The number of nitrogens with two attached hydrogens (primary N) is 1. The zero-order valence-corrected chi connectivity index (χ0v) is 12.6. The van der Waals surface area contributed by atoms with Gasteiger partial charge in [-0.25, -0.2) is 18.5 Å². The van der Waals surface area contributed by atoms with Crippen LogP contribution in [0.4, 0.5) is 0 Å². The summed E-state index contributed by atoms with van der Waals surface area (Å²) in [7, 11) is -3.92. The maximum absolute atomic E-state index is 11.5. The van der Waals surface area contributed by atoms with Gasteiger partial charge < -0.3 is 0 Å². The quantitative estimate of drug-likeness (QED) is 0.757. The van der Waals surface area contributed by atoms with Gasteiger partial charge in [-0.15, -0.1) is 0 Å². The molecule has 3 N–H and O–H groups in total. The van der Waals surface area contributed by atoms with Crippen molar-refractivity contribution in [3.63, 3.8) is 0 Å². The molecule has 0 atom stereocenters. The van der Waals surface area contributed by atoms with Crippen LogP contribution in [0.5, 0.6) is 0 Å². The summed E-state index contributed by atoms with van der Waals surface area (Å²) in [6.07, 6.45) is 3.28. The van der Waals surface area contributed by atoms with Crippen LogP contribution in [0.25, 0.3) is 22.8 Å². The summed E-state index contributed by atoms with van der Waals surface area (Å²) in [5, 5.41) is 12.1. The minimum atomic E-state index is -3.92. The van der Waals surface area contributed by atoms with Crippen molar-refractivity contribution in [1.29, 1.82) is 0 Å². The van der Waals surface area contributed by atoms with E-state index in [2.05, 4.69) is 20.2 Å². The molecule has 112 valence electrons. The monoisotopic (exact) mass is 335 g/mol. The first-order valence-corrected chi connectivity index (χ1v) is 8.03. The third kappa shape index (κ3) is 2.84. The Balaban J connectivity index is 2.05. The average molecular weight is 336 g/mol. The van der Waals surface area contributed by atoms with Crippen LogP contribution in [0.3, 0.4) is 0 Å². The summed E-state index contributed by atoms with van der Waals surface area (Å²) < 4.78 is 23.0. The second kappa shape index (κ2) is 5.48. The number of nitrogens with one attached hydrogen (secondary N) is 1. The van der Waals surface area contributed by atoms with Gasteiger partial charge in [0.05, 0.1) is 5.02 Å². The van der Waals surface area contributed by atoms with Crippen molar-refractivity contribution in [1.82, 2.24) is 20.2 Å². The van der Waals surface area contributed by atoms with E-state index in [0.29, 0.717) is 17.2 Å². The predicted octanol–water partition coefficient (Wildman–Crippen LogP) is 1.83. The SMILES string of the molecule is NS(=O)(=O)c1cc(-c2n[nH]c(-c3ccncc3)n2)ccc1Cl. The van der Waals surface area contributed by atoms with Gasteiger partial charge in [0.2, 0.25) is 10.0 Å². The van der Waals surface area contributed by atoms with Crippen molar-refractivity contribution >= 4 is 21.6 Å². The van der Waals surface area contributed by atoms with E-state index in [0.717, 1.165) is 5.56 Å². The van der Waals surface area contributed by atoms with Gasteiger partial charge in [0.15, 0.2) is 11.6 Å². The number of sulfonamides is 1. The van der Waals surface area contributed by atoms with Crippen LogP contribution >= 0.6 is 11.6 Å². The Labute approximate surface area is 131 Å². The zero-order chi connectivity index (χ0) is 15.7. The first-order valence-electron chi connectivity index (χ1n) is 6.11. The molecule has 0 bridgehead atoms. The van der Waals surface area contributed by atoms with Gasteiger partial charge in [0.1, 0.15) is 4.90 Å². The standard InChI is InChI=1S/C13H10ClN5O2S/c14-10-2-1-9(7-11(10)22(15,20)21)13-17-12(18-19-13)8-3-5-16-6-4-8/h1-7H,(H2,15,20,21)(H,17,18,19). The number of nitrogens with zero attached hydrogens (tertiary/aromatic N) is 3. The van der Waals surface area contributed by atoms with E-state index in [9.17, 15) is 8.42 Å². The first-order chi connectivity index (χ1) is 10.4. The third-order valence-corrected chi connectivity index (χ3v) is 4.33. The van der Waals surface area contributed by atoms with E-state index in [1.54, 1.807) is 30.6 Å². The predicted molar refractivity (Wildman–Crippen MR) is 81.4 cm³/mol. The summed E-state index contributed by atoms with van der Waals surface area (Å²) in [5.41, 5.74) is 1.30. The minimum Gasteiger partial charge on any atom is -0.265 e. The molecule has 0 saturated heterocycles. The number of primary sulfonamides is 1. The Bertz CT molecular complexity index is 925. The van der Waals surface area contributed by atoms with Crippen molar-refractivity contribution in [3.05, 3.63) is 47.7 Å².